The van der Waals surface area contributed by atoms with Gasteiger partial charge in [0.1, 0.15) is 0 Å². The Bertz CT molecular complexity index is 336. The molecule has 1 rings (SSSR count). The molecule has 0 saturated heterocycles. The predicted octanol–water partition coefficient (Wildman–Crippen LogP) is 3.23. The van der Waals surface area contributed by atoms with Crippen LogP contribution in [0.4, 0.5) is 0 Å². The molecule has 0 spiro atoms. The summed E-state index contributed by atoms with van der Waals surface area (Å²) in [6.07, 6.45) is 1.92. The summed E-state index contributed by atoms with van der Waals surface area (Å²) in [5, 5.41) is 4.61. The van der Waals surface area contributed by atoms with Gasteiger partial charge in [0.05, 0.1) is 11.1 Å². The maximum Gasteiger partial charge on any atom is 0.0643 e. The molecule has 1 atom stereocenters. The quantitative estimate of drug-likeness (QED) is 0.568. The Balaban J connectivity index is 2.80. The molecule has 0 N–H and O–H groups in total. The molecule has 1 aromatic heterocycles. The summed E-state index contributed by atoms with van der Waals surface area (Å²) < 4.78 is 7.08. The van der Waals surface area contributed by atoms with Gasteiger partial charge >= 0.3 is 0 Å². The average Bonchev–Trinajstić information content (AvgIpc) is 2.54. The molecule has 3 nitrogen and oxygen atoms in total. The number of hydrogen-bond donors (Lipinski definition) is 0. The van der Waals surface area contributed by atoms with E-state index in [9.17, 15) is 0 Å². The minimum absolute atomic E-state index is 0.0798. The van der Waals surface area contributed by atoms with Crippen molar-refractivity contribution in [3.8, 4) is 0 Å². The number of ether oxygens (including phenoxy) is 1. The lowest BCUT2D eigenvalue weighted by atomic mass is 10.1. The fraction of sp³-hybridized carbons (Fsp3) is 0.750. The van der Waals surface area contributed by atoms with E-state index >= 15 is 0 Å². The molecule has 1 unspecified atom stereocenters. The standard InChI is InChI=1S/C12H21ClN2O/c1-5-11(13)12-9(2)14-15(10(12)3)7-6-8-16-4/h11H,5-8H2,1-4H3. The molecule has 16 heavy (non-hydrogen) atoms. The zero-order chi connectivity index (χ0) is 12.1. The first-order valence-corrected chi connectivity index (χ1v) is 6.22. The molecule has 92 valence electrons. The van der Waals surface area contributed by atoms with Crippen LogP contribution in [0.15, 0.2) is 0 Å². The Labute approximate surface area is 103 Å². The summed E-state index contributed by atoms with van der Waals surface area (Å²) in [5.74, 6) is 0. The molecule has 1 aromatic rings. The van der Waals surface area contributed by atoms with Crippen LogP contribution in [-0.2, 0) is 11.3 Å². The van der Waals surface area contributed by atoms with Gasteiger partial charge in [0.25, 0.3) is 0 Å². The van der Waals surface area contributed by atoms with Crippen LogP contribution in [0.5, 0.6) is 0 Å². The van der Waals surface area contributed by atoms with Crippen molar-refractivity contribution in [1.82, 2.24) is 9.78 Å². The van der Waals surface area contributed by atoms with E-state index in [4.69, 9.17) is 16.3 Å². The lowest BCUT2D eigenvalue weighted by Gasteiger charge is -2.08. The zero-order valence-corrected chi connectivity index (χ0v) is 11.3. The first-order chi connectivity index (χ1) is 7.61. The smallest absolute Gasteiger partial charge is 0.0643 e. The maximum atomic E-state index is 6.30. The van der Waals surface area contributed by atoms with E-state index in [1.807, 2.05) is 11.6 Å². The zero-order valence-electron chi connectivity index (χ0n) is 10.6. The topological polar surface area (TPSA) is 27.1 Å². The van der Waals surface area contributed by atoms with E-state index in [1.165, 1.54) is 11.3 Å². The van der Waals surface area contributed by atoms with Gasteiger partial charge in [-0.1, -0.05) is 6.92 Å². The first kappa shape index (κ1) is 13.5. The molecule has 0 aliphatic heterocycles. The number of hydrogen-bond acceptors (Lipinski definition) is 2. The second-order valence-corrected chi connectivity index (χ2v) is 4.56. The fourth-order valence-electron chi connectivity index (χ4n) is 1.94. The minimum atomic E-state index is 0.0798. The van der Waals surface area contributed by atoms with Crippen LogP contribution in [0, 0.1) is 13.8 Å². The van der Waals surface area contributed by atoms with Crippen LogP contribution >= 0.6 is 11.6 Å². The van der Waals surface area contributed by atoms with Crippen molar-refractivity contribution in [3.63, 3.8) is 0 Å². The van der Waals surface area contributed by atoms with Crippen molar-refractivity contribution >= 4 is 11.6 Å². The van der Waals surface area contributed by atoms with E-state index in [0.29, 0.717) is 0 Å². The van der Waals surface area contributed by atoms with Crippen LogP contribution in [0.3, 0.4) is 0 Å². The van der Waals surface area contributed by atoms with Gasteiger partial charge in [-0.15, -0.1) is 11.6 Å². The van der Waals surface area contributed by atoms with Crippen molar-refractivity contribution in [1.29, 1.82) is 0 Å². The highest BCUT2D eigenvalue weighted by Crippen LogP contribution is 2.29. The summed E-state index contributed by atoms with van der Waals surface area (Å²) in [6.45, 7) is 7.88. The summed E-state index contributed by atoms with van der Waals surface area (Å²) in [5.41, 5.74) is 3.44. The van der Waals surface area contributed by atoms with E-state index in [2.05, 4.69) is 18.9 Å². The Hall–Kier alpha value is -0.540. The van der Waals surface area contributed by atoms with Gasteiger partial charge < -0.3 is 4.74 Å². The van der Waals surface area contributed by atoms with E-state index in [1.54, 1.807) is 7.11 Å². The second-order valence-electron chi connectivity index (χ2n) is 4.03. The summed E-state index contributed by atoms with van der Waals surface area (Å²) in [6, 6.07) is 0. The molecule has 0 aliphatic carbocycles. The maximum absolute atomic E-state index is 6.30. The summed E-state index contributed by atoms with van der Waals surface area (Å²) >= 11 is 6.30. The Morgan fingerprint density at radius 2 is 2.12 bits per heavy atom. The van der Waals surface area contributed by atoms with Gasteiger partial charge in [0.2, 0.25) is 0 Å². The molecule has 1 heterocycles. The normalized spacial score (nSPS) is 13.1. The number of alkyl halides is 1. The second kappa shape index (κ2) is 6.26. The number of halogens is 1. The third-order valence-corrected chi connectivity index (χ3v) is 3.35. The first-order valence-electron chi connectivity index (χ1n) is 5.78. The number of aryl methyl sites for hydroxylation is 2. The predicted molar refractivity (Wildman–Crippen MR) is 67.1 cm³/mol. The molecule has 0 aromatic carbocycles. The molecule has 0 saturated carbocycles. The van der Waals surface area contributed by atoms with Gasteiger partial charge in [-0.25, -0.2) is 0 Å². The Morgan fingerprint density at radius 1 is 1.44 bits per heavy atom. The number of rotatable bonds is 6. The molecule has 0 fully saturated rings. The fourth-order valence-corrected chi connectivity index (χ4v) is 2.26. The largest absolute Gasteiger partial charge is 0.385 e. The summed E-state index contributed by atoms with van der Waals surface area (Å²) in [7, 11) is 1.72. The average molecular weight is 245 g/mol. The molecular weight excluding hydrogens is 224 g/mol. The van der Waals surface area contributed by atoms with E-state index in [0.717, 1.165) is 31.7 Å². The van der Waals surface area contributed by atoms with Gasteiger partial charge in [-0.3, -0.25) is 4.68 Å². The lowest BCUT2D eigenvalue weighted by molar-refractivity contribution is 0.188. The van der Waals surface area contributed by atoms with Gasteiger partial charge in [0.15, 0.2) is 0 Å². The highest BCUT2D eigenvalue weighted by atomic mass is 35.5. The molecular formula is C12H21ClN2O. The van der Waals surface area contributed by atoms with Crippen LogP contribution in [-0.4, -0.2) is 23.5 Å². The third kappa shape index (κ3) is 2.98. The van der Waals surface area contributed by atoms with Crippen molar-refractivity contribution in [3.05, 3.63) is 17.0 Å². The van der Waals surface area contributed by atoms with Crippen LogP contribution in [0.25, 0.3) is 0 Å². The van der Waals surface area contributed by atoms with E-state index < -0.39 is 0 Å². The SMILES string of the molecule is CCC(Cl)c1c(C)nn(CCCOC)c1C. The molecule has 4 heteroatoms. The van der Waals surface area contributed by atoms with Crippen LogP contribution < -0.4 is 0 Å². The monoisotopic (exact) mass is 244 g/mol. The van der Waals surface area contributed by atoms with Gasteiger partial charge in [-0.2, -0.15) is 5.10 Å². The highest BCUT2D eigenvalue weighted by Gasteiger charge is 2.17. The van der Waals surface area contributed by atoms with E-state index in [-0.39, 0.29) is 5.38 Å². The summed E-state index contributed by atoms with van der Waals surface area (Å²) in [4.78, 5) is 0. The van der Waals surface area contributed by atoms with Gasteiger partial charge in [-0.05, 0) is 26.7 Å². The lowest BCUT2D eigenvalue weighted by Crippen LogP contribution is -2.05. The molecule has 0 radical (unpaired) electrons. The third-order valence-electron chi connectivity index (χ3n) is 2.83. The van der Waals surface area contributed by atoms with Gasteiger partial charge in [0, 0.05) is 31.5 Å². The van der Waals surface area contributed by atoms with Crippen molar-refractivity contribution < 1.29 is 4.74 Å². The highest BCUT2D eigenvalue weighted by molar-refractivity contribution is 6.20. The van der Waals surface area contributed by atoms with Crippen LogP contribution in [0.2, 0.25) is 0 Å². The molecule has 0 aliphatic rings. The van der Waals surface area contributed by atoms with Crippen molar-refractivity contribution in [2.45, 2.75) is 45.5 Å². The molecule has 0 bridgehead atoms. The number of nitrogens with zero attached hydrogens (tertiary/aromatic N) is 2. The number of aromatic nitrogens is 2. The number of methoxy groups -OCH3 is 1. The van der Waals surface area contributed by atoms with Crippen molar-refractivity contribution in [2.75, 3.05) is 13.7 Å². The van der Waals surface area contributed by atoms with Crippen molar-refractivity contribution in [2.24, 2.45) is 0 Å². The molecule has 0 amide bonds. The van der Waals surface area contributed by atoms with Crippen LogP contribution in [0.1, 0.15) is 42.1 Å². The minimum Gasteiger partial charge on any atom is -0.385 e. The Morgan fingerprint density at radius 3 is 2.69 bits per heavy atom. The Kier molecular flexibility index (Phi) is 5.29.